The van der Waals surface area contributed by atoms with Gasteiger partial charge in [-0.05, 0) is 174 Å². The van der Waals surface area contributed by atoms with Crippen LogP contribution in [0.4, 0.5) is 0 Å². The first kappa shape index (κ1) is 72.4. The van der Waals surface area contributed by atoms with Gasteiger partial charge in [0.15, 0.2) is 9.84 Å². The number of carbonyl (C=O) groups is 6. The Balaban J connectivity index is 0.000000153. The number of benzene rings is 6. The minimum absolute atomic E-state index is 0.00413. The molecule has 0 unspecified atom stereocenters. The van der Waals surface area contributed by atoms with E-state index in [0.29, 0.717) is 95.0 Å². The predicted molar refractivity (Wildman–Crippen MR) is 371 cm³/mol. The molecule has 0 spiro atoms. The number of hydrogen-bond acceptors (Lipinski definition) is 19. The number of β-amino-alcohol motifs (C(OH)–C–C–N with tert-alkyl or cyclic N) is 1. The summed E-state index contributed by atoms with van der Waals surface area (Å²) in [5, 5.41) is 39.2. The third-order valence-electron chi connectivity index (χ3n) is 19.7. The lowest BCUT2D eigenvalue weighted by Crippen LogP contribution is -2.50. The molecule has 2 saturated heterocycles. The van der Waals surface area contributed by atoms with Gasteiger partial charge in [0.2, 0.25) is 29.5 Å². The minimum Gasteiger partial charge on any atom is -0.489 e. The van der Waals surface area contributed by atoms with Crippen molar-refractivity contribution in [1.29, 1.82) is 0 Å². The highest BCUT2D eigenvalue weighted by Gasteiger charge is 2.66. The molecule has 8 aromatic rings. The van der Waals surface area contributed by atoms with Crippen LogP contribution in [0.15, 0.2) is 163 Å². The van der Waals surface area contributed by atoms with E-state index in [1.54, 1.807) is 64.7 Å². The Morgan fingerprint density at radius 1 is 0.535 bits per heavy atom. The maximum atomic E-state index is 13.5. The zero-order valence-electron chi connectivity index (χ0n) is 57.0. The zero-order valence-corrected chi connectivity index (χ0v) is 57.8. The first-order valence-corrected chi connectivity index (χ1v) is 35.5. The quantitative estimate of drug-likeness (QED) is 0.0191. The number of aromatic nitrogens is 2. The number of aliphatic hydroxyl groups excluding tert-OH is 1. The number of carbonyl (C=O) groups excluding carboxylic acids is 6. The Morgan fingerprint density at radius 2 is 0.931 bits per heavy atom. The molecule has 0 radical (unpaired) electrons. The molecule has 3 saturated carbocycles. The van der Waals surface area contributed by atoms with Gasteiger partial charge in [-0.1, -0.05) is 72.8 Å². The number of rotatable bonds is 22. The molecule has 101 heavy (non-hydrogen) atoms. The second kappa shape index (κ2) is 30.9. The van der Waals surface area contributed by atoms with E-state index in [1.807, 2.05) is 129 Å². The topological polar surface area (TPSA) is 326 Å². The third kappa shape index (κ3) is 16.8. The number of ether oxygens (including phenoxy) is 4. The summed E-state index contributed by atoms with van der Waals surface area (Å²) in [5.74, 6) is -1.49. The molecule has 5 aliphatic rings. The Morgan fingerprint density at radius 3 is 1.35 bits per heavy atom. The lowest BCUT2D eigenvalue weighted by atomic mass is 9.91. The normalized spacial score (nSPS) is 21.9. The van der Waals surface area contributed by atoms with E-state index in [9.17, 15) is 47.5 Å². The zero-order chi connectivity index (χ0) is 71.8. The average molecular weight is 1400 g/mol. The van der Waals surface area contributed by atoms with Crippen LogP contribution >= 0.6 is 0 Å². The number of para-hydroxylation sites is 2. The SMILES string of the molecule is CCOC(=O)[C@@]1(Cc2ccc(Oc3ccc(S(C)(=O)=O)cc3)cc2)C[C@@H]1C(=O)NO.Cc1cc(COc2ccc(C[C@]3(C(=O)N4CCN(C)CC4)C[C@@H]3C(=O)NO)cc2)c2ccccc2n1.Cc1cc(COc2ccc(C[C@]3(C(=O)N4CC[C@H](O)C4)C[C@@H]3C(=O)NO)cc2)c2ccccc2n1. The van der Waals surface area contributed by atoms with Gasteiger partial charge in [-0.15, -0.1) is 0 Å². The van der Waals surface area contributed by atoms with Crippen LogP contribution in [0.5, 0.6) is 23.0 Å². The Kier molecular flexibility index (Phi) is 22.2. The Labute approximate surface area is 585 Å². The summed E-state index contributed by atoms with van der Waals surface area (Å²) < 4.78 is 46.0. The number of fused-ring (bicyclic) bond motifs is 2. The van der Waals surface area contributed by atoms with Crippen LogP contribution in [0.3, 0.4) is 0 Å². The summed E-state index contributed by atoms with van der Waals surface area (Å²) in [6.07, 6.45) is 3.40. The van der Waals surface area contributed by atoms with Crippen LogP contribution in [0.2, 0.25) is 0 Å². The van der Waals surface area contributed by atoms with Crippen molar-refractivity contribution in [2.24, 2.45) is 34.0 Å². The third-order valence-corrected chi connectivity index (χ3v) is 20.9. The molecule has 13 rings (SSSR count). The van der Waals surface area contributed by atoms with Crippen molar-refractivity contribution in [3.8, 4) is 23.0 Å². The smallest absolute Gasteiger partial charge is 0.313 e. The number of piperazine rings is 1. The van der Waals surface area contributed by atoms with Gasteiger partial charge >= 0.3 is 5.97 Å². The standard InChI is InChI=1S/C28H32N4O4.C27H29N3O5.C21H23NO7S/c1-19-15-21(23-5-3-4-6-25(23)29-19)18-36-22-9-7-20(8-10-22)16-28(17-24(28)26(33)30-35)27(34)32-13-11-31(2)12-14-32;1-17-12-19(22-4-2-3-5-24(22)28-17)16-35-21-8-6-18(7-9-21)13-27(14-23(27)25(32)29-34)26(33)30-11-10-20(31)15-30;1-3-28-20(24)21(13-18(21)19(23)22-25)12-14-4-6-15(7-5-14)29-16-8-10-17(11-9-16)30(2,26)27/h3-10,15,24,35H,11-14,16-18H2,1-2H3,(H,30,33);2-9,12,20,23,31,34H,10-11,13-16H2,1H3,(H,29,32);4-11,18,25H,3,12-13H2,1-2H3,(H,22,23)/t24-,28+;20-,23+,27-;18-,21+/m101/s1. The highest BCUT2D eigenvalue weighted by Crippen LogP contribution is 2.58. The highest BCUT2D eigenvalue weighted by molar-refractivity contribution is 7.90. The number of likely N-dealkylation sites (tertiary alicyclic amines) is 1. The van der Waals surface area contributed by atoms with Crippen molar-refractivity contribution >= 4 is 67.1 Å². The number of esters is 1. The van der Waals surface area contributed by atoms with E-state index in [1.165, 1.54) is 12.1 Å². The fourth-order valence-electron chi connectivity index (χ4n) is 13.9. The van der Waals surface area contributed by atoms with Gasteiger partial charge in [0.05, 0.1) is 62.6 Å². The highest BCUT2D eigenvalue weighted by atomic mass is 32.2. The van der Waals surface area contributed by atoms with Crippen molar-refractivity contribution in [1.82, 2.24) is 41.1 Å². The fraction of sp³-hybridized carbons (Fsp3) is 0.368. The van der Waals surface area contributed by atoms with Gasteiger partial charge < -0.3 is 38.8 Å². The van der Waals surface area contributed by atoms with Crippen LogP contribution < -0.4 is 30.7 Å². The number of nitrogens with one attached hydrogen (secondary N) is 3. The van der Waals surface area contributed by atoms with Crippen LogP contribution in [-0.2, 0) is 75.8 Å². The number of hydroxylamine groups is 3. The lowest BCUT2D eigenvalue weighted by Gasteiger charge is -2.35. The summed E-state index contributed by atoms with van der Waals surface area (Å²) in [4.78, 5) is 90.5. The molecular weight excluding hydrogens is 1310 g/mol. The first-order valence-electron chi connectivity index (χ1n) is 33.6. The van der Waals surface area contributed by atoms with E-state index >= 15 is 0 Å². The molecule has 7 atom stereocenters. The Bertz CT molecular complexity index is 4460. The molecule has 0 bridgehead atoms. The van der Waals surface area contributed by atoms with Crippen molar-refractivity contribution in [2.45, 2.75) is 89.9 Å². The largest absolute Gasteiger partial charge is 0.489 e. The maximum Gasteiger partial charge on any atom is 0.313 e. The van der Waals surface area contributed by atoms with Gasteiger partial charge in [-0.25, -0.2) is 24.9 Å². The van der Waals surface area contributed by atoms with Gasteiger partial charge in [0.25, 0.3) is 0 Å². The molecule has 2 aliphatic heterocycles. The minimum atomic E-state index is -3.27. The number of nitrogens with zero attached hydrogens (tertiary/aromatic N) is 5. The van der Waals surface area contributed by atoms with Crippen molar-refractivity contribution in [2.75, 3.05) is 59.2 Å². The number of pyridine rings is 2. The molecule has 25 heteroatoms. The summed E-state index contributed by atoms with van der Waals surface area (Å²) in [6.45, 7) is 10.4. The molecular formula is C76H84N8O16S. The molecule has 6 aromatic carbocycles. The van der Waals surface area contributed by atoms with Gasteiger partial charge in [0.1, 0.15) is 36.2 Å². The van der Waals surface area contributed by atoms with Crippen molar-refractivity contribution < 1.29 is 76.9 Å². The van der Waals surface area contributed by atoms with Crippen LogP contribution in [0.25, 0.3) is 21.8 Å². The summed E-state index contributed by atoms with van der Waals surface area (Å²) in [6, 6.07) is 48.5. The molecule has 24 nitrogen and oxygen atoms in total. The Hall–Kier alpha value is -9.89. The summed E-state index contributed by atoms with van der Waals surface area (Å²) >= 11 is 0. The molecule has 3 aliphatic carbocycles. The van der Waals surface area contributed by atoms with E-state index in [0.717, 1.165) is 86.1 Å². The van der Waals surface area contributed by atoms with E-state index < -0.39 is 73.6 Å². The lowest BCUT2D eigenvalue weighted by molar-refractivity contribution is -0.152. The fourth-order valence-corrected chi connectivity index (χ4v) is 14.6. The number of amides is 5. The number of aliphatic hydroxyl groups is 1. The average Bonchev–Trinajstić information content (AvgIpc) is 1.57. The number of likely N-dealkylation sites (N-methyl/N-ethyl adjacent to an activating group) is 1. The molecule has 4 heterocycles. The molecule has 5 fully saturated rings. The molecule has 2 aromatic heterocycles. The van der Waals surface area contributed by atoms with E-state index in [4.69, 9.17) is 29.4 Å². The molecule has 5 amide bonds. The second-order valence-corrected chi connectivity index (χ2v) is 29.0. The molecule has 530 valence electrons. The maximum absolute atomic E-state index is 13.5. The second-order valence-electron chi connectivity index (χ2n) is 26.9. The number of sulfone groups is 1. The van der Waals surface area contributed by atoms with Gasteiger partial charge in [-0.2, -0.15) is 0 Å². The monoisotopic (exact) mass is 1400 g/mol. The number of aryl methyl sites for hydroxylation is 2. The summed E-state index contributed by atoms with van der Waals surface area (Å²) in [7, 11) is -1.23. The molecule has 7 N–H and O–H groups in total. The van der Waals surface area contributed by atoms with Crippen molar-refractivity contribution in [3.63, 3.8) is 0 Å². The van der Waals surface area contributed by atoms with Crippen molar-refractivity contribution in [3.05, 3.63) is 197 Å². The summed E-state index contributed by atoms with van der Waals surface area (Å²) in [5.41, 5.74) is 11.0. The number of hydrogen-bond donors (Lipinski definition) is 7. The van der Waals surface area contributed by atoms with Crippen LogP contribution in [-0.4, -0.2) is 155 Å². The van der Waals surface area contributed by atoms with Gasteiger partial charge in [-0.3, -0.25) is 54.4 Å². The van der Waals surface area contributed by atoms with E-state index in [-0.39, 0.29) is 29.9 Å². The first-order chi connectivity index (χ1) is 48.5. The van der Waals surface area contributed by atoms with E-state index in [2.05, 4.69) is 20.9 Å². The van der Waals surface area contributed by atoms with Gasteiger partial charge in [0, 0.05) is 78.8 Å². The van der Waals surface area contributed by atoms with Crippen LogP contribution in [0.1, 0.15) is 71.8 Å². The van der Waals surface area contributed by atoms with Crippen LogP contribution in [0, 0.1) is 47.8 Å². The predicted octanol–water partition coefficient (Wildman–Crippen LogP) is 8.22.